The zero-order chi connectivity index (χ0) is 6.53. The Hall–Kier alpha value is -1.40. The molecule has 0 saturated carbocycles. The van der Waals surface area contributed by atoms with Crippen LogP contribution in [0.3, 0.4) is 0 Å². The minimum atomic E-state index is 0.646. The Morgan fingerprint density at radius 3 is 2.44 bits per heavy atom. The quantitative estimate of drug-likeness (QED) is 0.407. The van der Waals surface area contributed by atoms with Crippen LogP contribution in [0.4, 0.5) is 5.69 Å². The molecule has 0 saturated heterocycles. The zero-order valence-electron chi connectivity index (χ0n) is 4.74. The van der Waals surface area contributed by atoms with Crippen molar-refractivity contribution in [1.82, 2.24) is 0 Å². The third kappa shape index (κ3) is 1.52. The van der Waals surface area contributed by atoms with E-state index in [9.17, 15) is 4.79 Å². The largest absolute Gasteiger partial charge is 0.240 e. The van der Waals surface area contributed by atoms with E-state index in [-0.39, 0.29) is 0 Å². The fraction of sp³-hybridized carbons (Fsp3) is 0. The number of hydrogen-bond acceptors (Lipinski definition) is 2. The van der Waals surface area contributed by atoms with Crippen molar-refractivity contribution in [2.75, 3.05) is 0 Å². The minimum absolute atomic E-state index is 0.646. The number of aliphatic imine (C=N–C) groups is 1. The summed E-state index contributed by atoms with van der Waals surface area (Å²) in [5.41, 5.74) is 0.646. The van der Waals surface area contributed by atoms with Crippen LogP contribution in [0, 0.1) is 0 Å². The number of carbonyl (C=O) groups excluding carboxylic acids is 1. The van der Waals surface area contributed by atoms with Gasteiger partial charge in [-0.05, 0) is 12.1 Å². The zero-order valence-corrected chi connectivity index (χ0v) is 4.74. The predicted octanol–water partition coefficient (Wildman–Crippen LogP) is 1.65. The van der Waals surface area contributed by atoms with Crippen LogP contribution < -0.4 is 0 Å². The molecule has 0 fully saturated rings. The summed E-state index contributed by atoms with van der Waals surface area (Å²) in [6.45, 7) is 0. The van der Waals surface area contributed by atoms with Gasteiger partial charge in [0.25, 0.3) is 0 Å². The Morgan fingerprint density at radius 2 is 1.89 bits per heavy atom. The smallest absolute Gasteiger partial charge is 0.211 e. The highest BCUT2D eigenvalue weighted by molar-refractivity contribution is 5.47. The molecule has 0 aromatic heterocycles. The van der Waals surface area contributed by atoms with E-state index in [0.717, 1.165) is 0 Å². The van der Waals surface area contributed by atoms with Gasteiger partial charge in [0.05, 0.1) is 5.69 Å². The van der Waals surface area contributed by atoms with Crippen molar-refractivity contribution in [3.63, 3.8) is 0 Å². The van der Waals surface area contributed by atoms with Crippen LogP contribution in [0.1, 0.15) is 0 Å². The molecule has 0 heterocycles. The second kappa shape index (κ2) is 2.80. The monoisotopic (exact) mass is 118 g/mol. The van der Waals surface area contributed by atoms with E-state index < -0.39 is 0 Å². The summed E-state index contributed by atoms with van der Waals surface area (Å²) < 4.78 is 0. The highest BCUT2D eigenvalue weighted by atomic mass is 16.1. The maximum absolute atomic E-state index is 9.68. The SMILES string of the molecule is O=[11C]=Nc1ccccc1. The maximum Gasteiger partial charge on any atom is 0.240 e. The molecule has 2 heteroatoms. The van der Waals surface area contributed by atoms with E-state index in [1.165, 1.54) is 6.08 Å². The molecule has 0 N–H and O–H groups in total. The molecule has 1 rings (SSSR count). The summed E-state index contributed by atoms with van der Waals surface area (Å²) in [7, 11) is 0. The van der Waals surface area contributed by atoms with Gasteiger partial charge in [0.15, 0.2) is 0 Å². The standard InChI is InChI=1S/C7H5NO/c9-6-8-7-4-2-1-3-5-7/h1-5H/i6-1. The topological polar surface area (TPSA) is 29.4 Å². The Labute approximate surface area is 52.9 Å². The summed E-state index contributed by atoms with van der Waals surface area (Å²) in [6.07, 6.45) is 1.46. The lowest BCUT2D eigenvalue weighted by atomic mass is 10.3. The normalized spacial score (nSPS) is 8.00. The van der Waals surface area contributed by atoms with E-state index in [1.807, 2.05) is 18.2 Å². The number of benzene rings is 1. The van der Waals surface area contributed by atoms with Crippen molar-refractivity contribution in [1.29, 1.82) is 0 Å². The first-order chi connectivity index (χ1) is 4.43. The van der Waals surface area contributed by atoms with Gasteiger partial charge < -0.3 is 0 Å². The minimum Gasteiger partial charge on any atom is -0.211 e. The first-order valence-corrected chi connectivity index (χ1v) is 2.56. The van der Waals surface area contributed by atoms with Crippen LogP contribution in [-0.4, -0.2) is 6.08 Å². The van der Waals surface area contributed by atoms with Gasteiger partial charge in [0.1, 0.15) is 0 Å². The lowest BCUT2D eigenvalue weighted by Crippen LogP contribution is -1.59. The molecule has 0 aliphatic rings. The Bertz CT molecular complexity index is 224. The first kappa shape index (κ1) is 5.73. The molecule has 0 unspecified atom stereocenters. The molecule has 0 amide bonds. The summed E-state index contributed by atoms with van der Waals surface area (Å²) in [6, 6.07) is 8.98. The average Bonchev–Trinajstić information content (AvgIpc) is 1.91. The molecule has 0 atom stereocenters. The molecule has 2 nitrogen and oxygen atoms in total. The Balaban J connectivity index is 2.97. The van der Waals surface area contributed by atoms with Gasteiger partial charge in [0, 0.05) is 0 Å². The van der Waals surface area contributed by atoms with Crippen molar-refractivity contribution in [2.24, 2.45) is 4.99 Å². The van der Waals surface area contributed by atoms with Crippen LogP contribution in [0.25, 0.3) is 0 Å². The number of isocyanates is 1. The fourth-order valence-corrected chi connectivity index (χ4v) is 0.555. The van der Waals surface area contributed by atoms with E-state index in [4.69, 9.17) is 0 Å². The Kier molecular flexibility index (Phi) is 1.78. The van der Waals surface area contributed by atoms with Gasteiger partial charge in [-0.15, -0.1) is 0 Å². The van der Waals surface area contributed by atoms with Gasteiger partial charge in [0.2, 0.25) is 6.08 Å². The molecule has 1 aromatic carbocycles. The highest BCUT2D eigenvalue weighted by Crippen LogP contribution is 2.06. The molecule has 0 aliphatic carbocycles. The van der Waals surface area contributed by atoms with Crippen LogP contribution in [0.5, 0.6) is 0 Å². The lowest BCUT2D eigenvalue weighted by molar-refractivity contribution is 0.565. The third-order valence-corrected chi connectivity index (χ3v) is 0.931. The van der Waals surface area contributed by atoms with Gasteiger partial charge in [-0.25, -0.2) is 4.79 Å². The number of rotatable bonds is 1. The summed E-state index contributed by atoms with van der Waals surface area (Å²) in [5, 5.41) is 0. The highest BCUT2D eigenvalue weighted by Gasteiger charge is 1.79. The van der Waals surface area contributed by atoms with Crippen molar-refractivity contribution < 1.29 is 4.79 Å². The van der Waals surface area contributed by atoms with Gasteiger partial charge >= 0.3 is 0 Å². The van der Waals surface area contributed by atoms with Crippen molar-refractivity contribution in [3.05, 3.63) is 30.3 Å². The van der Waals surface area contributed by atoms with Crippen molar-refractivity contribution in [3.8, 4) is 0 Å². The summed E-state index contributed by atoms with van der Waals surface area (Å²) >= 11 is 0. The lowest BCUT2D eigenvalue weighted by Gasteiger charge is -1.83. The third-order valence-electron chi connectivity index (χ3n) is 0.931. The van der Waals surface area contributed by atoms with E-state index in [2.05, 4.69) is 4.99 Å². The average molecular weight is 118 g/mol. The summed E-state index contributed by atoms with van der Waals surface area (Å²) in [4.78, 5) is 13.1. The number of para-hydroxylation sites is 1. The Morgan fingerprint density at radius 1 is 1.22 bits per heavy atom. The van der Waals surface area contributed by atoms with Gasteiger partial charge in [-0.2, -0.15) is 4.99 Å². The van der Waals surface area contributed by atoms with Crippen LogP contribution in [0.2, 0.25) is 0 Å². The molecule has 44 valence electrons. The fourth-order valence-electron chi connectivity index (χ4n) is 0.555. The maximum atomic E-state index is 9.68. The van der Waals surface area contributed by atoms with Crippen LogP contribution in [-0.2, 0) is 4.79 Å². The van der Waals surface area contributed by atoms with Crippen LogP contribution in [0.15, 0.2) is 35.3 Å². The first-order valence-electron chi connectivity index (χ1n) is 2.56. The molecule has 0 spiro atoms. The second-order valence-corrected chi connectivity index (χ2v) is 1.54. The van der Waals surface area contributed by atoms with Crippen molar-refractivity contribution in [2.45, 2.75) is 0 Å². The van der Waals surface area contributed by atoms with Gasteiger partial charge in [-0.1, -0.05) is 18.2 Å². The predicted molar refractivity (Wildman–Crippen MR) is 34.2 cm³/mol. The van der Waals surface area contributed by atoms with Gasteiger partial charge in [-0.3, -0.25) is 0 Å². The molecule has 1 aromatic rings. The molecule has 0 aliphatic heterocycles. The van der Waals surface area contributed by atoms with E-state index in [1.54, 1.807) is 12.1 Å². The van der Waals surface area contributed by atoms with Crippen molar-refractivity contribution >= 4 is 11.8 Å². The van der Waals surface area contributed by atoms with E-state index in [0.29, 0.717) is 5.69 Å². The number of nitrogens with zero attached hydrogens (tertiary/aromatic N) is 1. The molecule has 9 heavy (non-hydrogen) atoms. The second-order valence-electron chi connectivity index (χ2n) is 1.54. The molecule has 0 bridgehead atoms. The summed E-state index contributed by atoms with van der Waals surface area (Å²) in [5.74, 6) is 0. The molecule has 0 radical (unpaired) electrons. The number of hydrogen-bond donors (Lipinski definition) is 0. The van der Waals surface area contributed by atoms with Crippen LogP contribution >= 0.6 is 0 Å². The molecular formula is C7H5NO. The molecular weight excluding hydrogens is 113 g/mol. The van der Waals surface area contributed by atoms with E-state index >= 15 is 0 Å².